The van der Waals surface area contributed by atoms with E-state index in [1.807, 2.05) is 24.1 Å². The van der Waals surface area contributed by atoms with Crippen molar-refractivity contribution in [3.05, 3.63) is 23.9 Å². The average Bonchev–Trinajstić information content (AvgIpc) is 3.09. The summed E-state index contributed by atoms with van der Waals surface area (Å²) in [6.07, 6.45) is 5.17. The number of nitrogens with zero attached hydrogens (tertiary/aromatic N) is 3. The molecule has 4 heterocycles. The first-order valence-corrected chi connectivity index (χ1v) is 10.2. The summed E-state index contributed by atoms with van der Waals surface area (Å²) >= 11 is 0. The summed E-state index contributed by atoms with van der Waals surface area (Å²) in [7, 11) is 1.87. The maximum absolute atomic E-state index is 12.7. The van der Waals surface area contributed by atoms with E-state index in [0.29, 0.717) is 18.0 Å². The van der Waals surface area contributed by atoms with Crippen LogP contribution in [0.25, 0.3) is 0 Å². The molecule has 0 bridgehead atoms. The normalized spacial score (nSPS) is 22.0. The molecule has 152 valence electrons. The van der Waals surface area contributed by atoms with Crippen molar-refractivity contribution in [2.75, 3.05) is 51.2 Å². The van der Waals surface area contributed by atoms with E-state index in [4.69, 9.17) is 4.74 Å². The van der Waals surface area contributed by atoms with Crippen molar-refractivity contribution in [2.24, 2.45) is 5.92 Å². The number of nitrogens with one attached hydrogen (secondary N) is 2. The number of carbonyl (C=O) groups is 2. The van der Waals surface area contributed by atoms with E-state index in [0.717, 1.165) is 64.2 Å². The smallest absolute Gasteiger partial charge is 0.407 e. The summed E-state index contributed by atoms with van der Waals surface area (Å²) in [4.78, 5) is 32.6. The number of rotatable bonds is 4. The standard InChI is InChI=1S/C20H29N5O3/c1-24(13-15-4-8-21-9-5-15)18(26)16-2-3-17(22-12-16)25-10-6-20(7-11-25)14-23-19(27)28-20/h2-3,12,15,21H,4-11,13-14H2,1H3,(H,23,27). The van der Waals surface area contributed by atoms with Gasteiger partial charge in [-0.25, -0.2) is 9.78 Å². The molecule has 1 spiro atoms. The molecule has 28 heavy (non-hydrogen) atoms. The molecular weight excluding hydrogens is 358 g/mol. The Morgan fingerprint density at radius 1 is 1.32 bits per heavy atom. The summed E-state index contributed by atoms with van der Waals surface area (Å²) in [5.41, 5.74) is 0.267. The Hall–Kier alpha value is -2.35. The highest BCUT2D eigenvalue weighted by Gasteiger charge is 2.43. The van der Waals surface area contributed by atoms with Crippen LogP contribution in [-0.2, 0) is 4.74 Å². The van der Waals surface area contributed by atoms with Crippen molar-refractivity contribution in [1.29, 1.82) is 0 Å². The van der Waals surface area contributed by atoms with E-state index in [2.05, 4.69) is 20.5 Å². The predicted molar refractivity (Wildman–Crippen MR) is 105 cm³/mol. The monoisotopic (exact) mass is 387 g/mol. The number of ether oxygens (including phenoxy) is 1. The maximum Gasteiger partial charge on any atom is 0.407 e. The number of aromatic nitrogens is 1. The van der Waals surface area contributed by atoms with Crippen molar-refractivity contribution in [3.63, 3.8) is 0 Å². The van der Waals surface area contributed by atoms with Gasteiger partial charge in [0.2, 0.25) is 0 Å². The van der Waals surface area contributed by atoms with Crippen molar-refractivity contribution < 1.29 is 14.3 Å². The molecule has 0 aliphatic carbocycles. The van der Waals surface area contributed by atoms with Crippen molar-refractivity contribution in [1.82, 2.24) is 20.5 Å². The van der Waals surface area contributed by atoms with E-state index < -0.39 is 0 Å². The van der Waals surface area contributed by atoms with Gasteiger partial charge < -0.3 is 25.2 Å². The lowest BCUT2D eigenvalue weighted by Crippen LogP contribution is -2.46. The number of hydrogen-bond acceptors (Lipinski definition) is 6. The molecular formula is C20H29N5O3. The molecule has 1 aromatic heterocycles. The largest absolute Gasteiger partial charge is 0.441 e. The van der Waals surface area contributed by atoms with Gasteiger partial charge >= 0.3 is 6.09 Å². The third kappa shape index (κ3) is 4.06. The highest BCUT2D eigenvalue weighted by molar-refractivity contribution is 5.93. The van der Waals surface area contributed by atoms with Crippen LogP contribution < -0.4 is 15.5 Å². The van der Waals surface area contributed by atoms with Gasteiger partial charge in [0.05, 0.1) is 12.1 Å². The van der Waals surface area contributed by atoms with Crippen LogP contribution in [0.3, 0.4) is 0 Å². The predicted octanol–water partition coefficient (Wildman–Crippen LogP) is 1.23. The molecule has 3 fully saturated rings. The number of hydrogen-bond donors (Lipinski definition) is 2. The second kappa shape index (κ2) is 7.95. The Balaban J connectivity index is 1.32. The lowest BCUT2D eigenvalue weighted by Gasteiger charge is -2.37. The SMILES string of the molecule is CN(CC1CCNCC1)C(=O)c1ccc(N2CCC3(CC2)CNC(=O)O3)nc1. The minimum Gasteiger partial charge on any atom is -0.441 e. The summed E-state index contributed by atoms with van der Waals surface area (Å²) < 4.78 is 5.46. The van der Waals surface area contributed by atoms with E-state index in [1.54, 1.807) is 6.20 Å². The fraction of sp³-hybridized carbons (Fsp3) is 0.650. The highest BCUT2D eigenvalue weighted by atomic mass is 16.6. The van der Waals surface area contributed by atoms with Crippen LogP contribution in [-0.4, -0.2) is 73.8 Å². The summed E-state index contributed by atoms with van der Waals surface area (Å²) in [6.45, 7) is 5.02. The topological polar surface area (TPSA) is 86.8 Å². The Kier molecular flexibility index (Phi) is 5.39. The zero-order chi connectivity index (χ0) is 19.6. The number of carbonyl (C=O) groups excluding carboxylic acids is 2. The molecule has 2 amide bonds. The molecule has 0 saturated carbocycles. The first kappa shape index (κ1) is 19.0. The molecule has 3 aliphatic rings. The summed E-state index contributed by atoms with van der Waals surface area (Å²) in [6, 6.07) is 3.79. The quantitative estimate of drug-likeness (QED) is 0.808. The zero-order valence-corrected chi connectivity index (χ0v) is 16.4. The minimum atomic E-state index is -0.360. The van der Waals surface area contributed by atoms with Crippen molar-refractivity contribution in [3.8, 4) is 0 Å². The second-order valence-corrected chi connectivity index (χ2v) is 8.20. The Morgan fingerprint density at radius 2 is 2.07 bits per heavy atom. The summed E-state index contributed by atoms with van der Waals surface area (Å²) in [5, 5.41) is 6.11. The van der Waals surface area contributed by atoms with E-state index in [1.165, 1.54) is 0 Å². The van der Waals surface area contributed by atoms with Gasteiger partial charge in [0.1, 0.15) is 11.4 Å². The van der Waals surface area contributed by atoms with Gasteiger partial charge in [-0.2, -0.15) is 0 Å². The molecule has 2 N–H and O–H groups in total. The molecule has 8 nitrogen and oxygen atoms in total. The lowest BCUT2D eigenvalue weighted by atomic mass is 9.91. The molecule has 0 atom stereocenters. The number of alkyl carbamates (subject to hydrolysis) is 1. The van der Waals surface area contributed by atoms with Crippen LogP contribution in [0.5, 0.6) is 0 Å². The number of piperidine rings is 2. The number of anilines is 1. The van der Waals surface area contributed by atoms with Gasteiger partial charge in [0.15, 0.2) is 0 Å². The van der Waals surface area contributed by atoms with E-state index in [-0.39, 0.29) is 17.6 Å². The first-order valence-electron chi connectivity index (χ1n) is 10.2. The minimum absolute atomic E-state index is 0.0270. The highest BCUT2D eigenvalue weighted by Crippen LogP contribution is 2.31. The van der Waals surface area contributed by atoms with Gasteiger partial charge in [-0.1, -0.05) is 0 Å². The molecule has 8 heteroatoms. The van der Waals surface area contributed by atoms with Crippen LogP contribution in [0.15, 0.2) is 18.3 Å². The van der Waals surface area contributed by atoms with E-state index in [9.17, 15) is 9.59 Å². The van der Waals surface area contributed by atoms with Gasteiger partial charge in [0, 0.05) is 45.7 Å². The average molecular weight is 387 g/mol. The molecule has 1 aromatic rings. The fourth-order valence-corrected chi connectivity index (χ4v) is 4.38. The van der Waals surface area contributed by atoms with Crippen LogP contribution in [0, 0.1) is 5.92 Å². The van der Waals surface area contributed by atoms with Crippen molar-refractivity contribution >= 4 is 17.8 Å². The third-order valence-corrected chi connectivity index (χ3v) is 6.20. The second-order valence-electron chi connectivity index (χ2n) is 8.20. The Bertz CT molecular complexity index is 709. The first-order chi connectivity index (χ1) is 13.5. The Morgan fingerprint density at radius 3 is 2.68 bits per heavy atom. The van der Waals surface area contributed by atoms with E-state index >= 15 is 0 Å². The van der Waals surface area contributed by atoms with Gasteiger partial charge in [-0.3, -0.25) is 4.79 Å². The Labute approximate surface area is 165 Å². The van der Waals surface area contributed by atoms with Crippen molar-refractivity contribution in [2.45, 2.75) is 31.3 Å². The van der Waals surface area contributed by atoms with Gasteiger partial charge in [0.25, 0.3) is 5.91 Å². The van der Waals surface area contributed by atoms with Crippen LogP contribution in [0.2, 0.25) is 0 Å². The van der Waals surface area contributed by atoms with Gasteiger partial charge in [-0.05, 0) is 44.0 Å². The van der Waals surface area contributed by atoms with Crippen LogP contribution >= 0.6 is 0 Å². The molecule has 0 unspecified atom stereocenters. The van der Waals surface area contributed by atoms with Gasteiger partial charge in [-0.15, -0.1) is 0 Å². The molecule has 0 radical (unpaired) electrons. The molecule has 4 rings (SSSR count). The lowest BCUT2D eigenvalue weighted by molar-refractivity contribution is 0.0366. The molecule has 3 saturated heterocycles. The van der Waals surface area contributed by atoms with Crippen LogP contribution in [0.4, 0.5) is 10.6 Å². The molecule has 3 aliphatic heterocycles. The zero-order valence-electron chi connectivity index (χ0n) is 16.4. The van der Waals surface area contributed by atoms with Crippen LogP contribution in [0.1, 0.15) is 36.0 Å². The molecule has 0 aromatic carbocycles. The number of pyridine rings is 1. The maximum atomic E-state index is 12.7. The fourth-order valence-electron chi connectivity index (χ4n) is 4.38. The number of amides is 2. The third-order valence-electron chi connectivity index (χ3n) is 6.20. The summed E-state index contributed by atoms with van der Waals surface area (Å²) in [5.74, 6) is 1.46.